The van der Waals surface area contributed by atoms with Gasteiger partial charge in [0.05, 0.1) is 6.10 Å². The molecule has 1 aliphatic heterocycles. The molecule has 1 aromatic carbocycles. The first-order valence-electron chi connectivity index (χ1n) is 7.92. The van der Waals surface area contributed by atoms with Crippen molar-refractivity contribution in [1.29, 1.82) is 0 Å². The van der Waals surface area contributed by atoms with E-state index < -0.39 is 0 Å². The summed E-state index contributed by atoms with van der Waals surface area (Å²) >= 11 is 0. The summed E-state index contributed by atoms with van der Waals surface area (Å²) in [4.78, 5) is 14.0. The molecule has 0 aliphatic carbocycles. The van der Waals surface area contributed by atoms with Crippen molar-refractivity contribution in [1.82, 2.24) is 4.90 Å². The molecule has 0 radical (unpaired) electrons. The van der Waals surface area contributed by atoms with Crippen molar-refractivity contribution in [2.45, 2.75) is 26.4 Å². The van der Waals surface area contributed by atoms with E-state index >= 15 is 0 Å². The van der Waals surface area contributed by atoms with Crippen molar-refractivity contribution < 1.29 is 14.3 Å². The van der Waals surface area contributed by atoms with Crippen molar-refractivity contribution in [2.75, 3.05) is 31.6 Å². The normalized spacial score (nSPS) is 17.1. The Morgan fingerprint density at radius 2 is 2.17 bits per heavy atom. The van der Waals surface area contributed by atoms with Crippen LogP contribution in [0.15, 0.2) is 24.3 Å². The predicted molar refractivity (Wildman–Crippen MR) is 90.6 cm³/mol. The number of ether oxygens (including phenoxy) is 2. The number of anilines is 1. The van der Waals surface area contributed by atoms with E-state index in [2.05, 4.69) is 25.1 Å². The van der Waals surface area contributed by atoms with Crippen molar-refractivity contribution in [3.8, 4) is 18.1 Å². The van der Waals surface area contributed by atoms with Crippen LogP contribution in [0.5, 0.6) is 5.75 Å². The van der Waals surface area contributed by atoms with Crippen molar-refractivity contribution in [2.24, 2.45) is 5.92 Å². The lowest BCUT2D eigenvalue weighted by Gasteiger charge is -2.18. The zero-order chi connectivity index (χ0) is 16.7. The van der Waals surface area contributed by atoms with Gasteiger partial charge in [0.25, 0.3) is 0 Å². The van der Waals surface area contributed by atoms with Gasteiger partial charge in [-0.3, -0.25) is 0 Å². The van der Waals surface area contributed by atoms with Gasteiger partial charge in [-0.2, -0.15) is 0 Å². The van der Waals surface area contributed by atoms with Crippen LogP contribution in [0.2, 0.25) is 0 Å². The molecule has 124 valence electrons. The minimum absolute atomic E-state index is 0.0991. The van der Waals surface area contributed by atoms with Crippen LogP contribution in [-0.4, -0.2) is 43.3 Å². The van der Waals surface area contributed by atoms with Crippen LogP contribution < -0.4 is 10.1 Å². The smallest absolute Gasteiger partial charge is 0.321 e. The van der Waals surface area contributed by atoms with Gasteiger partial charge < -0.3 is 19.7 Å². The van der Waals surface area contributed by atoms with E-state index in [9.17, 15) is 4.79 Å². The first kappa shape index (κ1) is 17.2. The molecule has 0 aromatic heterocycles. The average Bonchev–Trinajstić information content (AvgIpc) is 3.01. The average molecular weight is 316 g/mol. The van der Waals surface area contributed by atoms with Gasteiger partial charge in [-0.05, 0) is 36.6 Å². The summed E-state index contributed by atoms with van der Waals surface area (Å²) in [6, 6.07) is 7.06. The number of amides is 2. The Balaban J connectivity index is 1.79. The number of rotatable bonds is 6. The Morgan fingerprint density at radius 3 is 2.83 bits per heavy atom. The second-order valence-electron chi connectivity index (χ2n) is 6.03. The van der Waals surface area contributed by atoms with Crippen LogP contribution in [0.4, 0.5) is 10.5 Å². The number of nitrogens with zero attached hydrogens (tertiary/aromatic N) is 1. The Labute approximate surface area is 138 Å². The number of terminal acetylenes is 1. The summed E-state index contributed by atoms with van der Waals surface area (Å²) in [5, 5.41) is 2.89. The number of carbonyl (C=O) groups excluding carboxylic acids is 1. The third-order valence-electron chi connectivity index (χ3n) is 3.53. The molecule has 5 heteroatoms. The second kappa shape index (κ2) is 8.44. The van der Waals surface area contributed by atoms with E-state index in [-0.39, 0.29) is 18.7 Å². The summed E-state index contributed by atoms with van der Waals surface area (Å²) in [7, 11) is 0. The molecule has 0 saturated carbocycles. The molecule has 2 amide bonds. The zero-order valence-corrected chi connectivity index (χ0v) is 13.7. The molecule has 0 unspecified atom stereocenters. The fourth-order valence-corrected chi connectivity index (χ4v) is 2.34. The van der Waals surface area contributed by atoms with E-state index in [0.29, 0.717) is 18.2 Å². The number of carbonyl (C=O) groups is 1. The molecule has 0 spiro atoms. The van der Waals surface area contributed by atoms with E-state index in [1.165, 1.54) is 0 Å². The molecule has 1 N–H and O–H groups in total. The van der Waals surface area contributed by atoms with Gasteiger partial charge in [-0.1, -0.05) is 19.8 Å². The lowest BCUT2D eigenvalue weighted by Crippen LogP contribution is -2.34. The van der Waals surface area contributed by atoms with Gasteiger partial charge in [-0.25, -0.2) is 4.79 Å². The monoisotopic (exact) mass is 316 g/mol. The highest BCUT2D eigenvalue weighted by molar-refractivity contribution is 5.89. The van der Waals surface area contributed by atoms with Gasteiger partial charge >= 0.3 is 6.03 Å². The lowest BCUT2D eigenvalue weighted by atomic mass is 10.2. The molecule has 1 heterocycles. The molecule has 5 nitrogen and oxygen atoms in total. The fourth-order valence-electron chi connectivity index (χ4n) is 2.34. The summed E-state index contributed by atoms with van der Waals surface area (Å²) in [6.45, 7) is 6.57. The second-order valence-corrected chi connectivity index (χ2v) is 6.03. The topological polar surface area (TPSA) is 50.8 Å². The quantitative estimate of drug-likeness (QED) is 0.821. The molecule has 23 heavy (non-hydrogen) atoms. The Hall–Kier alpha value is -2.19. The van der Waals surface area contributed by atoms with Crippen LogP contribution in [0.25, 0.3) is 0 Å². The van der Waals surface area contributed by atoms with E-state index in [4.69, 9.17) is 15.9 Å². The van der Waals surface area contributed by atoms with Crippen LogP contribution in [0, 0.1) is 18.3 Å². The maximum Gasteiger partial charge on any atom is 0.321 e. The van der Waals surface area contributed by atoms with E-state index in [0.717, 1.165) is 25.3 Å². The van der Waals surface area contributed by atoms with Gasteiger partial charge in [-0.15, -0.1) is 6.42 Å². The molecule has 1 atom stereocenters. The molecular weight excluding hydrogens is 292 g/mol. The minimum Gasteiger partial charge on any atom is -0.481 e. The third kappa shape index (κ3) is 5.50. The summed E-state index contributed by atoms with van der Waals surface area (Å²) in [5.41, 5.74) is 0.731. The number of nitrogens with one attached hydrogen (secondary N) is 1. The van der Waals surface area contributed by atoms with Crippen molar-refractivity contribution in [3.63, 3.8) is 0 Å². The fraction of sp³-hybridized carbons (Fsp3) is 0.500. The molecule has 2 rings (SSSR count). The third-order valence-corrected chi connectivity index (χ3v) is 3.53. The largest absolute Gasteiger partial charge is 0.481 e. The molecule has 1 fully saturated rings. The number of urea groups is 1. The van der Waals surface area contributed by atoms with Crippen LogP contribution in [0.1, 0.15) is 20.3 Å². The Morgan fingerprint density at radius 1 is 1.43 bits per heavy atom. The first-order valence-corrected chi connectivity index (χ1v) is 7.92. The maximum atomic E-state index is 12.3. The first-order chi connectivity index (χ1) is 11.1. The van der Waals surface area contributed by atoms with E-state index in [1.807, 2.05) is 0 Å². The zero-order valence-electron chi connectivity index (χ0n) is 13.7. The van der Waals surface area contributed by atoms with Crippen LogP contribution >= 0.6 is 0 Å². The highest BCUT2D eigenvalue weighted by Gasteiger charge is 2.26. The standard InChI is InChI=1S/C18H24N2O3/c1-4-11-22-16-7-5-15(6-8-16)19-18(21)20-10-9-17(12-20)23-13-14(2)3/h1,5-8,14,17H,9-13H2,2-3H3,(H,19,21)/t17-/m1/s1. The SMILES string of the molecule is C#CCOc1ccc(NC(=O)N2CC[C@@H](OCC(C)C)C2)cc1. The maximum absolute atomic E-state index is 12.3. The van der Waals surface area contributed by atoms with Gasteiger partial charge in [0.15, 0.2) is 0 Å². The minimum atomic E-state index is -0.0991. The van der Waals surface area contributed by atoms with E-state index in [1.54, 1.807) is 29.2 Å². The van der Waals surface area contributed by atoms with Crippen LogP contribution in [0.3, 0.4) is 0 Å². The van der Waals surface area contributed by atoms with Gasteiger partial charge in [0.1, 0.15) is 12.4 Å². The number of benzene rings is 1. The lowest BCUT2D eigenvalue weighted by molar-refractivity contribution is 0.0440. The van der Waals surface area contributed by atoms with Gasteiger partial charge in [0.2, 0.25) is 0 Å². The van der Waals surface area contributed by atoms with Gasteiger partial charge in [0, 0.05) is 25.4 Å². The Bertz CT molecular complexity index is 548. The molecule has 1 aromatic rings. The Kier molecular flexibility index (Phi) is 6.30. The number of hydrogen-bond donors (Lipinski definition) is 1. The van der Waals surface area contributed by atoms with Crippen molar-refractivity contribution in [3.05, 3.63) is 24.3 Å². The van der Waals surface area contributed by atoms with Crippen molar-refractivity contribution >= 4 is 11.7 Å². The highest BCUT2D eigenvalue weighted by Crippen LogP contribution is 2.18. The molecule has 1 saturated heterocycles. The number of likely N-dealkylation sites (tertiary alicyclic amines) is 1. The predicted octanol–water partition coefficient (Wildman–Crippen LogP) is 2.98. The summed E-state index contributed by atoms with van der Waals surface area (Å²) in [5.74, 6) is 3.60. The molecular formula is C18H24N2O3. The molecule has 1 aliphatic rings. The van der Waals surface area contributed by atoms with Crippen LogP contribution in [-0.2, 0) is 4.74 Å². The molecule has 0 bridgehead atoms. The highest BCUT2D eigenvalue weighted by atomic mass is 16.5. The summed E-state index contributed by atoms with van der Waals surface area (Å²) in [6.07, 6.45) is 6.17. The summed E-state index contributed by atoms with van der Waals surface area (Å²) < 4.78 is 11.1. The number of hydrogen-bond acceptors (Lipinski definition) is 3.